The molecule has 0 radical (unpaired) electrons. The summed E-state index contributed by atoms with van der Waals surface area (Å²) >= 11 is 0. The van der Waals surface area contributed by atoms with Crippen LogP contribution in [0.1, 0.15) is 10.4 Å². The van der Waals surface area contributed by atoms with Gasteiger partial charge < -0.3 is 4.74 Å². The van der Waals surface area contributed by atoms with Gasteiger partial charge in [0.1, 0.15) is 6.29 Å². The number of aromatic nitrogens is 2. The van der Waals surface area contributed by atoms with Crippen LogP contribution in [0.4, 0.5) is 0 Å². The molecule has 0 saturated carbocycles. The van der Waals surface area contributed by atoms with Crippen LogP contribution >= 0.6 is 0 Å². The maximum atomic E-state index is 10.6. The van der Waals surface area contributed by atoms with Gasteiger partial charge in [0.15, 0.2) is 0 Å². The zero-order valence-corrected chi connectivity index (χ0v) is 8.75. The molecule has 0 N–H and O–H groups in total. The van der Waals surface area contributed by atoms with E-state index < -0.39 is 0 Å². The monoisotopic (exact) mass is 214 g/mol. The predicted molar refractivity (Wildman–Crippen MR) is 59.4 cm³/mol. The molecule has 0 amide bonds. The number of ether oxygens (including phenoxy) is 1. The average Bonchev–Trinajstić information content (AvgIpc) is 2.39. The highest BCUT2D eigenvalue weighted by Gasteiger charge is 2.03. The molecule has 2 rings (SSSR count). The standard InChI is InChI=1S/C12H10N2O2/c1-16-12-4-2-3-10(14-12)11-7-9(8-15)5-6-13-11/h2-8H,1H3. The van der Waals surface area contributed by atoms with Gasteiger partial charge in [0.25, 0.3) is 0 Å². The lowest BCUT2D eigenvalue weighted by atomic mass is 10.2. The minimum Gasteiger partial charge on any atom is -0.481 e. The lowest BCUT2D eigenvalue weighted by molar-refractivity contribution is 0.112. The molecule has 0 aliphatic rings. The fourth-order valence-corrected chi connectivity index (χ4v) is 1.33. The van der Waals surface area contributed by atoms with Gasteiger partial charge >= 0.3 is 0 Å². The summed E-state index contributed by atoms with van der Waals surface area (Å²) in [7, 11) is 1.56. The number of pyridine rings is 2. The molecule has 2 aromatic heterocycles. The van der Waals surface area contributed by atoms with Gasteiger partial charge in [0, 0.05) is 17.8 Å². The van der Waals surface area contributed by atoms with E-state index in [2.05, 4.69) is 9.97 Å². The second-order valence-electron chi connectivity index (χ2n) is 3.16. The van der Waals surface area contributed by atoms with Crippen molar-refractivity contribution in [2.75, 3.05) is 7.11 Å². The molecule has 0 unspecified atom stereocenters. The van der Waals surface area contributed by atoms with Crippen LogP contribution in [0.3, 0.4) is 0 Å². The summed E-state index contributed by atoms with van der Waals surface area (Å²) in [6.07, 6.45) is 2.37. The van der Waals surface area contributed by atoms with Crippen LogP contribution in [-0.4, -0.2) is 23.4 Å². The van der Waals surface area contributed by atoms with Gasteiger partial charge in [0.05, 0.1) is 18.5 Å². The summed E-state index contributed by atoms with van der Waals surface area (Å²) in [4.78, 5) is 19.0. The lowest BCUT2D eigenvalue weighted by Crippen LogP contribution is -1.92. The van der Waals surface area contributed by atoms with Crippen molar-refractivity contribution < 1.29 is 9.53 Å². The van der Waals surface area contributed by atoms with Crippen LogP contribution in [0, 0.1) is 0 Å². The number of hydrogen-bond acceptors (Lipinski definition) is 4. The third kappa shape index (κ3) is 2.06. The normalized spacial score (nSPS) is 9.81. The Morgan fingerprint density at radius 2 is 2.12 bits per heavy atom. The van der Waals surface area contributed by atoms with E-state index in [-0.39, 0.29) is 0 Å². The molecule has 4 nitrogen and oxygen atoms in total. The van der Waals surface area contributed by atoms with Crippen molar-refractivity contribution in [2.45, 2.75) is 0 Å². The number of carbonyl (C=O) groups excluding carboxylic acids is 1. The zero-order chi connectivity index (χ0) is 11.4. The summed E-state index contributed by atoms with van der Waals surface area (Å²) in [6, 6.07) is 8.74. The molecule has 0 fully saturated rings. The smallest absolute Gasteiger partial charge is 0.213 e. The first-order valence-electron chi connectivity index (χ1n) is 4.76. The van der Waals surface area contributed by atoms with Gasteiger partial charge in [-0.15, -0.1) is 0 Å². The van der Waals surface area contributed by atoms with Crippen molar-refractivity contribution in [1.29, 1.82) is 0 Å². The van der Waals surface area contributed by atoms with Crippen molar-refractivity contribution >= 4 is 6.29 Å². The lowest BCUT2D eigenvalue weighted by Gasteiger charge is -2.02. The van der Waals surface area contributed by atoms with Crippen LogP contribution in [0.2, 0.25) is 0 Å². The molecule has 80 valence electrons. The van der Waals surface area contributed by atoms with Crippen molar-refractivity contribution in [3.05, 3.63) is 42.1 Å². The largest absolute Gasteiger partial charge is 0.481 e. The Balaban J connectivity index is 2.45. The van der Waals surface area contributed by atoms with Crippen LogP contribution < -0.4 is 4.74 Å². The Bertz CT molecular complexity index is 512. The van der Waals surface area contributed by atoms with Crippen molar-refractivity contribution in [2.24, 2.45) is 0 Å². The second kappa shape index (κ2) is 4.53. The number of rotatable bonds is 3. The molecule has 0 aromatic carbocycles. The maximum absolute atomic E-state index is 10.6. The highest BCUT2D eigenvalue weighted by Crippen LogP contribution is 2.17. The molecule has 0 spiro atoms. The topological polar surface area (TPSA) is 52.1 Å². The number of methoxy groups -OCH3 is 1. The molecule has 2 aromatic rings. The Morgan fingerprint density at radius 3 is 2.88 bits per heavy atom. The minimum absolute atomic E-state index is 0.524. The highest BCUT2D eigenvalue weighted by molar-refractivity contribution is 5.76. The van der Waals surface area contributed by atoms with Gasteiger partial charge in [-0.25, -0.2) is 4.98 Å². The third-order valence-electron chi connectivity index (χ3n) is 2.12. The van der Waals surface area contributed by atoms with Crippen molar-refractivity contribution in [3.8, 4) is 17.3 Å². The Labute approximate surface area is 92.9 Å². The van der Waals surface area contributed by atoms with Gasteiger partial charge in [-0.2, -0.15) is 0 Å². The molecule has 2 heterocycles. The minimum atomic E-state index is 0.524. The quantitative estimate of drug-likeness (QED) is 0.733. The third-order valence-corrected chi connectivity index (χ3v) is 2.12. The van der Waals surface area contributed by atoms with E-state index in [1.165, 1.54) is 0 Å². The van der Waals surface area contributed by atoms with Crippen molar-refractivity contribution in [3.63, 3.8) is 0 Å². The number of nitrogens with zero attached hydrogens (tertiary/aromatic N) is 2. The maximum Gasteiger partial charge on any atom is 0.213 e. The highest BCUT2D eigenvalue weighted by atomic mass is 16.5. The Hall–Kier alpha value is -2.23. The van der Waals surface area contributed by atoms with E-state index in [1.54, 1.807) is 31.5 Å². The summed E-state index contributed by atoms with van der Waals surface area (Å²) in [6.45, 7) is 0. The fraction of sp³-hybridized carbons (Fsp3) is 0.0833. The van der Waals surface area contributed by atoms with Gasteiger partial charge in [-0.1, -0.05) is 6.07 Å². The first-order valence-corrected chi connectivity index (χ1v) is 4.76. The molecular formula is C12H10N2O2. The first kappa shape index (κ1) is 10.3. The van der Waals surface area contributed by atoms with E-state index in [1.807, 2.05) is 12.1 Å². The molecule has 0 aliphatic heterocycles. The van der Waals surface area contributed by atoms with E-state index in [9.17, 15) is 4.79 Å². The number of carbonyl (C=O) groups is 1. The summed E-state index contributed by atoms with van der Waals surface area (Å²) in [5.41, 5.74) is 1.92. The van der Waals surface area contributed by atoms with Crippen LogP contribution in [0.5, 0.6) is 5.88 Å². The summed E-state index contributed by atoms with van der Waals surface area (Å²) in [5, 5.41) is 0. The summed E-state index contributed by atoms with van der Waals surface area (Å²) < 4.78 is 5.02. The molecule has 0 saturated heterocycles. The average molecular weight is 214 g/mol. The SMILES string of the molecule is COc1cccc(-c2cc(C=O)ccn2)n1. The van der Waals surface area contributed by atoms with Crippen LogP contribution in [0.25, 0.3) is 11.4 Å². The Kier molecular flexibility index (Phi) is 2.91. The second-order valence-corrected chi connectivity index (χ2v) is 3.16. The van der Waals surface area contributed by atoms with E-state index >= 15 is 0 Å². The molecule has 16 heavy (non-hydrogen) atoms. The van der Waals surface area contributed by atoms with Gasteiger partial charge in [-0.05, 0) is 18.2 Å². The number of aldehydes is 1. The summed E-state index contributed by atoms with van der Waals surface area (Å²) in [5.74, 6) is 0.524. The predicted octanol–water partition coefficient (Wildman–Crippen LogP) is 1.96. The van der Waals surface area contributed by atoms with Gasteiger partial charge in [0.2, 0.25) is 5.88 Å². The van der Waals surface area contributed by atoms with Crippen LogP contribution in [0.15, 0.2) is 36.5 Å². The van der Waals surface area contributed by atoms with E-state index in [0.717, 1.165) is 6.29 Å². The van der Waals surface area contributed by atoms with E-state index in [4.69, 9.17) is 4.74 Å². The molecule has 0 atom stereocenters. The van der Waals surface area contributed by atoms with Crippen LogP contribution in [-0.2, 0) is 0 Å². The Morgan fingerprint density at radius 1 is 1.25 bits per heavy atom. The van der Waals surface area contributed by atoms with Crippen molar-refractivity contribution in [1.82, 2.24) is 9.97 Å². The zero-order valence-electron chi connectivity index (χ0n) is 8.75. The molecular weight excluding hydrogens is 204 g/mol. The molecule has 0 bridgehead atoms. The van der Waals surface area contributed by atoms with Gasteiger partial charge in [-0.3, -0.25) is 9.78 Å². The first-order chi connectivity index (χ1) is 7.83. The fourth-order valence-electron chi connectivity index (χ4n) is 1.33. The molecule has 4 heteroatoms. The van der Waals surface area contributed by atoms with E-state index in [0.29, 0.717) is 22.8 Å². The molecule has 0 aliphatic carbocycles. The number of hydrogen-bond donors (Lipinski definition) is 0.